The van der Waals surface area contributed by atoms with Crippen LogP contribution in [-0.4, -0.2) is 38.3 Å². The number of anilines is 2. The maximum Gasteiger partial charge on any atom is 0.256 e. The molecule has 1 amide bonds. The van der Waals surface area contributed by atoms with Crippen LogP contribution in [0, 0.1) is 0 Å². The first-order valence-electron chi connectivity index (χ1n) is 9.10. The van der Waals surface area contributed by atoms with Crippen molar-refractivity contribution in [3.8, 4) is 17.2 Å². The molecular formula is C22H23N3O4. The van der Waals surface area contributed by atoms with E-state index < -0.39 is 0 Å². The first-order valence-corrected chi connectivity index (χ1v) is 9.10. The molecule has 0 atom stereocenters. The van der Waals surface area contributed by atoms with Crippen LogP contribution in [0.5, 0.6) is 17.2 Å². The van der Waals surface area contributed by atoms with Gasteiger partial charge in [0, 0.05) is 12.1 Å². The zero-order valence-electron chi connectivity index (χ0n) is 16.3. The topological polar surface area (TPSA) is 81.7 Å². The van der Waals surface area contributed by atoms with Crippen LogP contribution in [-0.2, 0) is 0 Å². The summed E-state index contributed by atoms with van der Waals surface area (Å²) in [6.45, 7) is 1.11. The normalized spacial score (nSPS) is 10.1. The Kier molecular flexibility index (Phi) is 6.89. The Hall–Kier alpha value is -3.74. The van der Waals surface area contributed by atoms with Gasteiger partial charge in [-0.2, -0.15) is 0 Å². The van der Waals surface area contributed by atoms with E-state index in [1.807, 2.05) is 30.3 Å². The number of aromatic nitrogens is 1. The summed E-state index contributed by atoms with van der Waals surface area (Å²) in [7, 11) is 3.19. The Labute approximate surface area is 169 Å². The maximum absolute atomic E-state index is 12.3. The van der Waals surface area contributed by atoms with Gasteiger partial charge in [0.15, 0.2) is 0 Å². The minimum absolute atomic E-state index is 0.245. The lowest BCUT2D eigenvalue weighted by molar-refractivity contribution is 0.102. The minimum Gasteiger partial charge on any atom is -0.497 e. The number of amides is 1. The number of benzene rings is 2. The van der Waals surface area contributed by atoms with Crippen molar-refractivity contribution in [2.75, 3.05) is 38.0 Å². The SMILES string of the molecule is COc1ccc(OCCNc2ccc(NC(=O)c3cccc(OC)c3)nc2)cc1. The average molecular weight is 393 g/mol. The standard InChI is InChI=1S/C22H23N3O4/c1-27-18-7-9-19(10-8-18)29-13-12-23-17-6-11-21(24-15-17)25-22(26)16-4-3-5-20(14-16)28-2/h3-11,14-15,23H,12-13H2,1-2H3,(H,24,25,26). The van der Waals surface area contributed by atoms with Gasteiger partial charge in [-0.05, 0) is 54.6 Å². The quantitative estimate of drug-likeness (QED) is 0.538. The molecular weight excluding hydrogens is 370 g/mol. The molecule has 29 heavy (non-hydrogen) atoms. The molecule has 0 aliphatic carbocycles. The second-order valence-corrected chi connectivity index (χ2v) is 6.07. The predicted molar refractivity (Wildman–Crippen MR) is 112 cm³/mol. The van der Waals surface area contributed by atoms with E-state index in [4.69, 9.17) is 14.2 Å². The average Bonchev–Trinajstić information content (AvgIpc) is 2.78. The van der Waals surface area contributed by atoms with Crippen LogP contribution < -0.4 is 24.8 Å². The molecule has 0 fully saturated rings. The van der Waals surface area contributed by atoms with Gasteiger partial charge in [-0.15, -0.1) is 0 Å². The number of hydrogen-bond acceptors (Lipinski definition) is 6. The summed E-state index contributed by atoms with van der Waals surface area (Å²) in [4.78, 5) is 16.6. The smallest absolute Gasteiger partial charge is 0.256 e. The summed E-state index contributed by atoms with van der Waals surface area (Å²) in [5, 5.41) is 5.99. The Balaban J connectivity index is 1.45. The highest BCUT2D eigenvalue weighted by Crippen LogP contribution is 2.17. The van der Waals surface area contributed by atoms with Crippen LogP contribution in [0.15, 0.2) is 66.9 Å². The lowest BCUT2D eigenvalue weighted by Crippen LogP contribution is -2.14. The van der Waals surface area contributed by atoms with Gasteiger partial charge in [0.05, 0.1) is 26.1 Å². The molecule has 2 aromatic carbocycles. The van der Waals surface area contributed by atoms with Crippen LogP contribution >= 0.6 is 0 Å². The number of rotatable bonds is 9. The van der Waals surface area contributed by atoms with Crippen molar-refractivity contribution in [3.05, 3.63) is 72.4 Å². The number of methoxy groups -OCH3 is 2. The minimum atomic E-state index is -0.245. The first-order chi connectivity index (χ1) is 14.2. The Bertz CT molecular complexity index is 928. The summed E-state index contributed by atoms with van der Waals surface area (Å²) in [6.07, 6.45) is 1.66. The molecule has 7 nitrogen and oxygen atoms in total. The van der Waals surface area contributed by atoms with Gasteiger partial charge < -0.3 is 24.8 Å². The van der Waals surface area contributed by atoms with Crippen LogP contribution in [0.2, 0.25) is 0 Å². The number of carbonyl (C=O) groups excluding carboxylic acids is 1. The molecule has 0 aliphatic rings. The zero-order valence-corrected chi connectivity index (χ0v) is 16.3. The molecule has 3 rings (SSSR count). The highest BCUT2D eigenvalue weighted by molar-refractivity contribution is 6.04. The fraction of sp³-hybridized carbons (Fsp3) is 0.182. The van der Waals surface area contributed by atoms with Crippen LogP contribution in [0.1, 0.15) is 10.4 Å². The largest absolute Gasteiger partial charge is 0.497 e. The third-order valence-electron chi connectivity index (χ3n) is 4.10. The fourth-order valence-corrected chi connectivity index (χ4v) is 2.56. The zero-order chi connectivity index (χ0) is 20.5. The Morgan fingerprint density at radius 2 is 1.69 bits per heavy atom. The molecule has 0 saturated heterocycles. The number of hydrogen-bond donors (Lipinski definition) is 2. The van der Waals surface area contributed by atoms with Crippen molar-refractivity contribution in [1.29, 1.82) is 0 Å². The van der Waals surface area contributed by atoms with Gasteiger partial charge in [0.25, 0.3) is 5.91 Å². The molecule has 150 valence electrons. The summed E-state index contributed by atoms with van der Waals surface area (Å²) in [6, 6.07) is 18.0. The van der Waals surface area contributed by atoms with E-state index in [0.717, 1.165) is 17.2 Å². The van der Waals surface area contributed by atoms with E-state index in [0.29, 0.717) is 30.3 Å². The molecule has 2 N–H and O–H groups in total. The highest BCUT2D eigenvalue weighted by atomic mass is 16.5. The van der Waals surface area contributed by atoms with E-state index in [9.17, 15) is 4.79 Å². The Morgan fingerprint density at radius 1 is 0.931 bits per heavy atom. The van der Waals surface area contributed by atoms with Gasteiger partial charge in [0.1, 0.15) is 29.7 Å². The number of nitrogens with one attached hydrogen (secondary N) is 2. The van der Waals surface area contributed by atoms with E-state index in [2.05, 4.69) is 15.6 Å². The number of ether oxygens (including phenoxy) is 3. The third-order valence-corrected chi connectivity index (χ3v) is 4.10. The van der Waals surface area contributed by atoms with Crippen LogP contribution in [0.25, 0.3) is 0 Å². The van der Waals surface area contributed by atoms with Crippen molar-refractivity contribution in [1.82, 2.24) is 4.98 Å². The van der Waals surface area contributed by atoms with E-state index in [1.54, 1.807) is 50.7 Å². The summed E-state index contributed by atoms with van der Waals surface area (Å²) in [5.41, 5.74) is 1.34. The molecule has 1 heterocycles. The molecule has 0 aliphatic heterocycles. The molecule has 3 aromatic rings. The van der Waals surface area contributed by atoms with Crippen molar-refractivity contribution < 1.29 is 19.0 Å². The van der Waals surface area contributed by atoms with Crippen molar-refractivity contribution in [3.63, 3.8) is 0 Å². The molecule has 1 aromatic heterocycles. The molecule has 7 heteroatoms. The molecule has 0 radical (unpaired) electrons. The van der Waals surface area contributed by atoms with Crippen LogP contribution in [0.4, 0.5) is 11.5 Å². The lowest BCUT2D eigenvalue weighted by Gasteiger charge is -2.10. The maximum atomic E-state index is 12.3. The number of nitrogens with zero attached hydrogens (tertiary/aromatic N) is 1. The van der Waals surface area contributed by atoms with Gasteiger partial charge in [-0.25, -0.2) is 4.98 Å². The molecule has 0 spiro atoms. The van der Waals surface area contributed by atoms with E-state index in [1.165, 1.54) is 0 Å². The van der Waals surface area contributed by atoms with E-state index in [-0.39, 0.29) is 5.91 Å². The summed E-state index contributed by atoms with van der Waals surface area (Å²) >= 11 is 0. The first kappa shape index (κ1) is 20.0. The van der Waals surface area contributed by atoms with Gasteiger partial charge in [-0.1, -0.05) is 6.07 Å². The third kappa shape index (κ3) is 5.87. The fourth-order valence-electron chi connectivity index (χ4n) is 2.56. The predicted octanol–water partition coefficient (Wildman–Crippen LogP) is 3.84. The monoisotopic (exact) mass is 393 g/mol. The second-order valence-electron chi connectivity index (χ2n) is 6.07. The highest BCUT2D eigenvalue weighted by Gasteiger charge is 2.08. The van der Waals surface area contributed by atoms with Crippen molar-refractivity contribution in [2.45, 2.75) is 0 Å². The van der Waals surface area contributed by atoms with Crippen LogP contribution in [0.3, 0.4) is 0 Å². The summed E-state index contributed by atoms with van der Waals surface area (Å²) < 4.78 is 15.9. The lowest BCUT2D eigenvalue weighted by atomic mass is 10.2. The Morgan fingerprint density at radius 3 is 2.38 bits per heavy atom. The second kappa shape index (κ2) is 9.98. The number of carbonyl (C=O) groups is 1. The summed E-state index contributed by atoms with van der Waals surface area (Å²) in [5.74, 6) is 2.42. The molecule has 0 saturated carbocycles. The number of pyridine rings is 1. The van der Waals surface area contributed by atoms with Crippen molar-refractivity contribution in [2.24, 2.45) is 0 Å². The molecule has 0 unspecified atom stereocenters. The van der Waals surface area contributed by atoms with Gasteiger partial charge >= 0.3 is 0 Å². The van der Waals surface area contributed by atoms with Crippen molar-refractivity contribution >= 4 is 17.4 Å². The van der Waals surface area contributed by atoms with E-state index >= 15 is 0 Å². The molecule has 0 bridgehead atoms. The van der Waals surface area contributed by atoms with Gasteiger partial charge in [0.2, 0.25) is 0 Å². The van der Waals surface area contributed by atoms with Gasteiger partial charge in [-0.3, -0.25) is 4.79 Å².